The molecule has 0 saturated carbocycles. The maximum Gasteiger partial charge on any atom is 0.331 e. The Morgan fingerprint density at radius 2 is 2.05 bits per heavy atom. The molecule has 1 aromatic rings. The largest absolute Gasteiger partial charge is 0.467 e. The molecule has 2 atom stereocenters. The highest BCUT2D eigenvalue weighted by atomic mass is 16.5. The number of ether oxygens (including phenoxy) is 1. The standard InChI is InChI=1S/C16H24N2O4/c1-10(2)8-12(4)15(16(21)22-5)18-14(20)9-11(3)13(17-18)6-7-19/h7,9-10,12,15H,6,8H2,1-5H3/t12?,15-/m0/s1. The van der Waals surface area contributed by atoms with Gasteiger partial charge in [0.25, 0.3) is 5.56 Å². The van der Waals surface area contributed by atoms with Crippen molar-refractivity contribution in [3.05, 3.63) is 27.7 Å². The van der Waals surface area contributed by atoms with Crippen LogP contribution in [-0.2, 0) is 20.7 Å². The summed E-state index contributed by atoms with van der Waals surface area (Å²) in [5.74, 6) is -0.231. The van der Waals surface area contributed by atoms with Crippen molar-refractivity contribution < 1.29 is 14.3 Å². The van der Waals surface area contributed by atoms with Crippen LogP contribution in [0, 0.1) is 18.8 Å². The van der Waals surface area contributed by atoms with Crippen LogP contribution in [0.3, 0.4) is 0 Å². The Bertz CT molecular complexity index is 592. The van der Waals surface area contributed by atoms with Gasteiger partial charge in [0.15, 0.2) is 6.04 Å². The first-order chi connectivity index (χ1) is 10.3. The van der Waals surface area contributed by atoms with Gasteiger partial charge in [-0.25, -0.2) is 9.48 Å². The van der Waals surface area contributed by atoms with Crippen molar-refractivity contribution in [2.24, 2.45) is 11.8 Å². The van der Waals surface area contributed by atoms with Gasteiger partial charge in [-0.1, -0.05) is 20.8 Å². The van der Waals surface area contributed by atoms with Crippen LogP contribution < -0.4 is 5.56 Å². The van der Waals surface area contributed by atoms with Gasteiger partial charge in [0, 0.05) is 12.5 Å². The van der Waals surface area contributed by atoms with Crippen molar-refractivity contribution in [1.82, 2.24) is 9.78 Å². The zero-order valence-electron chi connectivity index (χ0n) is 13.8. The molecule has 0 bridgehead atoms. The first-order valence-electron chi connectivity index (χ1n) is 7.42. The summed E-state index contributed by atoms with van der Waals surface area (Å²) in [5.41, 5.74) is 0.784. The summed E-state index contributed by atoms with van der Waals surface area (Å²) in [4.78, 5) is 35.1. The van der Waals surface area contributed by atoms with E-state index < -0.39 is 12.0 Å². The summed E-state index contributed by atoms with van der Waals surface area (Å²) < 4.78 is 6.00. The Hall–Kier alpha value is -1.98. The van der Waals surface area contributed by atoms with E-state index in [9.17, 15) is 14.4 Å². The highest BCUT2D eigenvalue weighted by molar-refractivity contribution is 5.74. The van der Waals surface area contributed by atoms with Crippen molar-refractivity contribution in [2.45, 2.75) is 46.6 Å². The molecule has 22 heavy (non-hydrogen) atoms. The Kier molecular flexibility index (Phi) is 6.46. The predicted molar refractivity (Wildman–Crippen MR) is 82.7 cm³/mol. The van der Waals surface area contributed by atoms with Gasteiger partial charge in [0.2, 0.25) is 0 Å². The quantitative estimate of drug-likeness (QED) is 0.566. The molecule has 0 radical (unpaired) electrons. The first kappa shape index (κ1) is 18.1. The molecule has 1 unspecified atom stereocenters. The van der Waals surface area contributed by atoms with Gasteiger partial charge in [-0.3, -0.25) is 4.79 Å². The molecule has 0 spiro atoms. The molecule has 0 aliphatic rings. The second kappa shape index (κ2) is 7.87. The second-order valence-corrected chi connectivity index (χ2v) is 6.00. The van der Waals surface area contributed by atoms with Crippen molar-refractivity contribution in [3.63, 3.8) is 0 Å². The van der Waals surface area contributed by atoms with E-state index in [0.29, 0.717) is 17.2 Å². The predicted octanol–water partition coefficient (Wildman–Crippen LogP) is 1.69. The van der Waals surface area contributed by atoms with E-state index in [-0.39, 0.29) is 17.9 Å². The number of methoxy groups -OCH3 is 1. The lowest BCUT2D eigenvalue weighted by Crippen LogP contribution is -2.37. The van der Waals surface area contributed by atoms with Crippen molar-refractivity contribution in [3.8, 4) is 0 Å². The number of hydrogen-bond acceptors (Lipinski definition) is 5. The summed E-state index contributed by atoms with van der Waals surface area (Å²) in [6.07, 6.45) is 1.60. The van der Waals surface area contributed by atoms with Gasteiger partial charge in [0.05, 0.1) is 12.8 Å². The van der Waals surface area contributed by atoms with Crippen LogP contribution in [0.25, 0.3) is 0 Å². The van der Waals surface area contributed by atoms with Crippen LogP contribution >= 0.6 is 0 Å². The van der Waals surface area contributed by atoms with Gasteiger partial charge < -0.3 is 9.53 Å². The third-order valence-electron chi connectivity index (χ3n) is 3.61. The fourth-order valence-electron chi connectivity index (χ4n) is 2.64. The van der Waals surface area contributed by atoms with E-state index >= 15 is 0 Å². The van der Waals surface area contributed by atoms with Gasteiger partial charge in [0.1, 0.15) is 6.29 Å². The molecule has 1 aromatic heterocycles. The fraction of sp³-hybridized carbons (Fsp3) is 0.625. The normalized spacial score (nSPS) is 13.7. The average Bonchev–Trinajstić information content (AvgIpc) is 2.43. The van der Waals surface area contributed by atoms with Gasteiger partial charge in [-0.2, -0.15) is 5.10 Å². The molecular weight excluding hydrogens is 284 g/mol. The maximum absolute atomic E-state index is 12.3. The van der Waals surface area contributed by atoms with E-state index in [2.05, 4.69) is 5.10 Å². The number of carbonyl (C=O) groups excluding carboxylic acids is 2. The molecule has 0 saturated heterocycles. The van der Waals surface area contributed by atoms with Crippen molar-refractivity contribution in [1.29, 1.82) is 0 Å². The van der Waals surface area contributed by atoms with E-state index in [4.69, 9.17) is 4.74 Å². The third kappa shape index (κ3) is 4.26. The van der Waals surface area contributed by atoms with Crippen LogP contribution in [0.4, 0.5) is 0 Å². The maximum atomic E-state index is 12.3. The van der Waals surface area contributed by atoms with Gasteiger partial charge in [-0.05, 0) is 30.7 Å². The lowest BCUT2D eigenvalue weighted by atomic mass is 9.92. The van der Waals surface area contributed by atoms with E-state index in [1.165, 1.54) is 13.2 Å². The fourth-order valence-corrected chi connectivity index (χ4v) is 2.64. The number of hydrogen-bond donors (Lipinski definition) is 0. The number of carbonyl (C=O) groups is 2. The summed E-state index contributed by atoms with van der Waals surface area (Å²) in [6.45, 7) is 7.72. The lowest BCUT2D eigenvalue weighted by molar-refractivity contribution is -0.147. The second-order valence-electron chi connectivity index (χ2n) is 6.00. The summed E-state index contributed by atoms with van der Waals surface area (Å²) >= 11 is 0. The molecule has 0 amide bonds. The molecular formula is C16H24N2O4. The van der Waals surface area contributed by atoms with Gasteiger partial charge in [-0.15, -0.1) is 0 Å². The lowest BCUT2D eigenvalue weighted by Gasteiger charge is -2.24. The molecule has 1 rings (SSSR count). The number of nitrogens with zero attached hydrogens (tertiary/aromatic N) is 2. The minimum Gasteiger partial charge on any atom is -0.467 e. The molecule has 6 heteroatoms. The smallest absolute Gasteiger partial charge is 0.331 e. The van der Waals surface area contributed by atoms with Gasteiger partial charge >= 0.3 is 5.97 Å². The monoisotopic (exact) mass is 308 g/mol. The number of aryl methyl sites for hydroxylation is 1. The number of aldehydes is 1. The SMILES string of the molecule is COC(=O)[C@H](C(C)CC(C)C)n1nc(CC=O)c(C)cc1=O. The summed E-state index contributed by atoms with van der Waals surface area (Å²) in [5, 5.41) is 4.23. The number of aromatic nitrogens is 2. The zero-order valence-corrected chi connectivity index (χ0v) is 13.8. The average molecular weight is 308 g/mol. The first-order valence-corrected chi connectivity index (χ1v) is 7.42. The van der Waals surface area contributed by atoms with E-state index in [0.717, 1.165) is 17.4 Å². The third-order valence-corrected chi connectivity index (χ3v) is 3.61. The Morgan fingerprint density at radius 1 is 1.41 bits per heavy atom. The number of rotatable bonds is 7. The zero-order chi connectivity index (χ0) is 16.9. The van der Waals surface area contributed by atoms with E-state index in [1.807, 2.05) is 20.8 Å². The molecule has 122 valence electrons. The molecule has 0 fully saturated rings. The molecule has 0 aromatic carbocycles. The Labute approximate surface area is 130 Å². The van der Waals surface area contributed by atoms with Crippen LogP contribution in [0.2, 0.25) is 0 Å². The van der Waals surface area contributed by atoms with Crippen LogP contribution in [0.1, 0.15) is 44.5 Å². The molecule has 0 aliphatic carbocycles. The summed E-state index contributed by atoms with van der Waals surface area (Å²) in [6, 6.07) is 0.620. The van der Waals surface area contributed by atoms with Crippen LogP contribution in [0.5, 0.6) is 0 Å². The highest BCUT2D eigenvalue weighted by Crippen LogP contribution is 2.24. The Balaban J connectivity index is 3.35. The number of esters is 1. The van der Waals surface area contributed by atoms with Crippen LogP contribution in [-0.4, -0.2) is 29.1 Å². The van der Waals surface area contributed by atoms with Crippen LogP contribution in [0.15, 0.2) is 10.9 Å². The topological polar surface area (TPSA) is 78.3 Å². The highest BCUT2D eigenvalue weighted by Gasteiger charge is 2.30. The minimum atomic E-state index is -0.786. The molecule has 6 nitrogen and oxygen atoms in total. The minimum absolute atomic E-state index is 0.107. The van der Waals surface area contributed by atoms with Crippen molar-refractivity contribution >= 4 is 12.3 Å². The molecule has 0 aliphatic heterocycles. The molecule has 0 N–H and O–H groups in total. The Morgan fingerprint density at radius 3 is 2.55 bits per heavy atom. The van der Waals surface area contributed by atoms with E-state index in [1.54, 1.807) is 6.92 Å². The molecule has 1 heterocycles. The summed E-state index contributed by atoms with van der Waals surface area (Å²) in [7, 11) is 1.29. The van der Waals surface area contributed by atoms with Crippen molar-refractivity contribution in [2.75, 3.05) is 7.11 Å².